The largest absolute Gasteiger partial charge is 0.322 e. The SMILES string of the molecule is CC(C)c1cc2cc(CC(=O)Nc3ccccn3)ccc2[nH]c1=O. The molecule has 0 aliphatic heterocycles. The molecule has 3 aromatic rings. The summed E-state index contributed by atoms with van der Waals surface area (Å²) in [5, 5.41) is 3.70. The number of hydrogen-bond donors (Lipinski definition) is 2. The van der Waals surface area contributed by atoms with Crippen molar-refractivity contribution in [3.05, 3.63) is 70.1 Å². The standard InChI is InChI=1S/C19H19N3O2/c1-12(2)15-11-14-9-13(6-7-16(14)21-19(15)24)10-18(23)22-17-5-3-4-8-20-17/h3-9,11-12H,10H2,1-2H3,(H,21,24)(H,20,22,23). The van der Waals surface area contributed by atoms with Gasteiger partial charge < -0.3 is 10.3 Å². The molecule has 0 fully saturated rings. The molecule has 0 bridgehead atoms. The van der Waals surface area contributed by atoms with Crippen molar-refractivity contribution in [1.82, 2.24) is 9.97 Å². The van der Waals surface area contributed by atoms with E-state index in [4.69, 9.17) is 0 Å². The molecule has 0 saturated carbocycles. The van der Waals surface area contributed by atoms with E-state index in [2.05, 4.69) is 15.3 Å². The Morgan fingerprint density at radius 1 is 1.21 bits per heavy atom. The van der Waals surface area contributed by atoms with Gasteiger partial charge in [-0.25, -0.2) is 4.98 Å². The number of pyridine rings is 2. The normalized spacial score (nSPS) is 11.0. The minimum atomic E-state index is -0.124. The molecule has 122 valence electrons. The molecule has 0 spiro atoms. The van der Waals surface area contributed by atoms with E-state index < -0.39 is 0 Å². The summed E-state index contributed by atoms with van der Waals surface area (Å²) in [5.41, 5.74) is 2.35. The van der Waals surface area contributed by atoms with Gasteiger partial charge in [-0.2, -0.15) is 0 Å². The van der Waals surface area contributed by atoms with E-state index in [0.717, 1.165) is 22.0 Å². The smallest absolute Gasteiger partial charge is 0.251 e. The van der Waals surface area contributed by atoms with Crippen molar-refractivity contribution in [2.24, 2.45) is 0 Å². The molecule has 5 heteroatoms. The Morgan fingerprint density at radius 2 is 2.04 bits per heavy atom. The molecule has 1 amide bonds. The Kier molecular flexibility index (Phi) is 4.42. The van der Waals surface area contributed by atoms with Crippen molar-refractivity contribution in [2.45, 2.75) is 26.2 Å². The van der Waals surface area contributed by atoms with Gasteiger partial charge in [0.2, 0.25) is 5.91 Å². The number of carbonyl (C=O) groups excluding carboxylic acids is 1. The van der Waals surface area contributed by atoms with Crippen molar-refractivity contribution in [1.29, 1.82) is 0 Å². The fourth-order valence-electron chi connectivity index (χ4n) is 2.62. The third kappa shape index (κ3) is 3.51. The zero-order valence-electron chi connectivity index (χ0n) is 13.7. The second-order valence-corrected chi connectivity index (χ2v) is 6.07. The van der Waals surface area contributed by atoms with Gasteiger partial charge in [0.1, 0.15) is 5.82 Å². The lowest BCUT2D eigenvalue weighted by atomic mass is 10.0. The molecule has 0 saturated heterocycles. The number of aromatic nitrogens is 2. The Labute approximate surface area is 139 Å². The topological polar surface area (TPSA) is 74.8 Å². The number of nitrogens with zero attached hydrogens (tertiary/aromatic N) is 1. The summed E-state index contributed by atoms with van der Waals surface area (Å²) in [5.74, 6) is 0.561. The first-order chi connectivity index (χ1) is 11.5. The Bertz CT molecular complexity index is 930. The molecule has 5 nitrogen and oxygen atoms in total. The second-order valence-electron chi connectivity index (χ2n) is 6.07. The molecule has 0 unspecified atom stereocenters. The number of nitrogens with one attached hydrogen (secondary N) is 2. The quantitative estimate of drug-likeness (QED) is 0.774. The van der Waals surface area contributed by atoms with Crippen LogP contribution in [0.2, 0.25) is 0 Å². The van der Waals surface area contributed by atoms with Gasteiger partial charge in [0.15, 0.2) is 0 Å². The molecule has 0 radical (unpaired) electrons. The van der Waals surface area contributed by atoms with Gasteiger partial charge in [0, 0.05) is 17.3 Å². The van der Waals surface area contributed by atoms with Crippen LogP contribution in [0.25, 0.3) is 10.9 Å². The van der Waals surface area contributed by atoms with E-state index in [9.17, 15) is 9.59 Å². The van der Waals surface area contributed by atoms with Crippen LogP contribution in [-0.2, 0) is 11.2 Å². The maximum Gasteiger partial charge on any atom is 0.251 e. The summed E-state index contributed by atoms with van der Waals surface area (Å²) in [6, 6.07) is 12.9. The van der Waals surface area contributed by atoms with Crippen LogP contribution < -0.4 is 10.9 Å². The number of anilines is 1. The van der Waals surface area contributed by atoms with Crippen LogP contribution >= 0.6 is 0 Å². The van der Waals surface area contributed by atoms with Crippen molar-refractivity contribution >= 4 is 22.6 Å². The number of carbonyl (C=O) groups is 1. The summed E-state index contributed by atoms with van der Waals surface area (Å²) in [6.07, 6.45) is 1.89. The van der Waals surface area contributed by atoms with Gasteiger partial charge >= 0.3 is 0 Å². The molecule has 2 heterocycles. The average molecular weight is 321 g/mol. The lowest BCUT2D eigenvalue weighted by molar-refractivity contribution is -0.115. The monoisotopic (exact) mass is 321 g/mol. The number of H-pyrrole nitrogens is 1. The van der Waals surface area contributed by atoms with E-state index in [1.807, 2.05) is 44.2 Å². The van der Waals surface area contributed by atoms with E-state index >= 15 is 0 Å². The van der Waals surface area contributed by atoms with Crippen molar-refractivity contribution in [3.63, 3.8) is 0 Å². The molecule has 0 aliphatic carbocycles. The summed E-state index contributed by atoms with van der Waals surface area (Å²) in [4.78, 5) is 31.1. The minimum Gasteiger partial charge on any atom is -0.322 e. The third-order valence-corrected chi connectivity index (χ3v) is 3.86. The minimum absolute atomic E-state index is 0.0573. The highest BCUT2D eigenvalue weighted by Gasteiger charge is 2.09. The number of benzene rings is 1. The van der Waals surface area contributed by atoms with Gasteiger partial charge in [0.25, 0.3) is 5.56 Å². The van der Waals surface area contributed by atoms with Gasteiger partial charge in [-0.3, -0.25) is 9.59 Å². The summed E-state index contributed by atoms with van der Waals surface area (Å²) < 4.78 is 0. The Balaban J connectivity index is 1.83. The van der Waals surface area contributed by atoms with E-state index in [0.29, 0.717) is 5.82 Å². The lowest BCUT2D eigenvalue weighted by Gasteiger charge is -2.08. The maximum atomic E-state index is 12.1. The van der Waals surface area contributed by atoms with E-state index in [1.165, 1.54) is 0 Å². The second kappa shape index (κ2) is 6.66. The zero-order chi connectivity index (χ0) is 17.1. The summed E-state index contributed by atoms with van der Waals surface area (Å²) in [6.45, 7) is 3.97. The Morgan fingerprint density at radius 3 is 2.75 bits per heavy atom. The molecular formula is C19H19N3O2. The molecule has 0 aliphatic rings. The van der Waals surface area contributed by atoms with E-state index in [-0.39, 0.29) is 23.8 Å². The zero-order valence-corrected chi connectivity index (χ0v) is 13.7. The van der Waals surface area contributed by atoms with Gasteiger partial charge in [-0.05, 0) is 47.2 Å². The van der Waals surface area contributed by atoms with E-state index in [1.54, 1.807) is 18.3 Å². The molecule has 24 heavy (non-hydrogen) atoms. The molecule has 2 N–H and O–H groups in total. The third-order valence-electron chi connectivity index (χ3n) is 3.86. The van der Waals surface area contributed by atoms with Gasteiger partial charge in [0.05, 0.1) is 6.42 Å². The maximum absolute atomic E-state index is 12.1. The lowest BCUT2D eigenvalue weighted by Crippen LogP contribution is -2.16. The highest BCUT2D eigenvalue weighted by molar-refractivity contribution is 5.92. The van der Waals surface area contributed by atoms with Crippen molar-refractivity contribution in [2.75, 3.05) is 5.32 Å². The van der Waals surface area contributed by atoms with Crippen molar-refractivity contribution < 1.29 is 4.79 Å². The number of aromatic amines is 1. The molecule has 1 aromatic carbocycles. The van der Waals surface area contributed by atoms with Crippen LogP contribution in [0.15, 0.2) is 53.5 Å². The highest BCUT2D eigenvalue weighted by Crippen LogP contribution is 2.18. The first-order valence-electron chi connectivity index (χ1n) is 7.89. The molecule has 2 aromatic heterocycles. The first kappa shape index (κ1) is 15.9. The fraction of sp³-hybridized carbons (Fsp3) is 0.211. The molecule has 3 rings (SSSR count). The predicted molar refractivity (Wildman–Crippen MR) is 95.2 cm³/mol. The van der Waals surface area contributed by atoms with Gasteiger partial charge in [-0.1, -0.05) is 26.0 Å². The number of amides is 1. The van der Waals surface area contributed by atoms with Crippen LogP contribution in [0, 0.1) is 0 Å². The average Bonchev–Trinajstić information content (AvgIpc) is 2.55. The number of rotatable bonds is 4. The van der Waals surface area contributed by atoms with Crippen LogP contribution in [0.4, 0.5) is 5.82 Å². The van der Waals surface area contributed by atoms with Crippen LogP contribution in [-0.4, -0.2) is 15.9 Å². The molecular weight excluding hydrogens is 302 g/mol. The van der Waals surface area contributed by atoms with Crippen LogP contribution in [0.3, 0.4) is 0 Å². The highest BCUT2D eigenvalue weighted by atomic mass is 16.1. The van der Waals surface area contributed by atoms with Crippen LogP contribution in [0.5, 0.6) is 0 Å². The first-order valence-corrected chi connectivity index (χ1v) is 7.89. The fourth-order valence-corrected chi connectivity index (χ4v) is 2.62. The van der Waals surface area contributed by atoms with Crippen LogP contribution in [0.1, 0.15) is 30.9 Å². The van der Waals surface area contributed by atoms with Crippen molar-refractivity contribution in [3.8, 4) is 0 Å². The molecule has 0 atom stereocenters. The predicted octanol–water partition coefficient (Wildman–Crippen LogP) is 3.23. The Hall–Kier alpha value is -2.95. The summed E-state index contributed by atoms with van der Waals surface area (Å²) in [7, 11) is 0. The summed E-state index contributed by atoms with van der Waals surface area (Å²) >= 11 is 0. The van der Waals surface area contributed by atoms with Gasteiger partial charge in [-0.15, -0.1) is 0 Å². The number of hydrogen-bond acceptors (Lipinski definition) is 3. The number of fused-ring (bicyclic) bond motifs is 1.